The number of anilines is 1. The Labute approximate surface area is 129 Å². The number of nitrogens with zero attached hydrogens (tertiary/aromatic N) is 2. The Balaban J connectivity index is 2.23. The van der Waals surface area contributed by atoms with Crippen LogP contribution in [0.3, 0.4) is 0 Å². The second kappa shape index (κ2) is 6.47. The van der Waals surface area contributed by atoms with E-state index in [-0.39, 0.29) is 10.3 Å². The van der Waals surface area contributed by atoms with Crippen LogP contribution in [0.1, 0.15) is 31.2 Å². The maximum Gasteiger partial charge on any atom is 0.301 e. The van der Waals surface area contributed by atoms with E-state index in [4.69, 9.17) is 23.2 Å². The molecule has 0 bridgehead atoms. The van der Waals surface area contributed by atoms with Crippen molar-refractivity contribution in [3.63, 3.8) is 0 Å². The lowest BCUT2D eigenvalue weighted by Gasteiger charge is -2.21. The van der Waals surface area contributed by atoms with Crippen molar-refractivity contribution in [2.75, 3.05) is 17.8 Å². The normalized spacial score (nSPS) is 17.8. The summed E-state index contributed by atoms with van der Waals surface area (Å²) in [5.74, 6) is 0. The van der Waals surface area contributed by atoms with Gasteiger partial charge in [0.2, 0.25) is 0 Å². The van der Waals surface area contributed by atoms with E-state index in [2.05, 4.69) is 9.71 Å². The third kappa shape index (κ3) is 3.75. The third-order valence-electron chi connectivity index (χ3n) is 3.28. The van der Waals surface area contributed by atoms with E-state index in [1.807, 2.05) is 0 Å². The van der Waals surface area contributed by atoms with E-state index < -0.39 is 10.2 Å². The number of hydrogen-bond donors (Lipinski definition) is 1. The number of halogens is 2. The van der Waals surface area contributed by atoms with Crippen molar-refractivity contribution in [1.82, 2.24) is 9.29 Å². The van der Waals surface area contributed by atoms with Crippen LogP contribution in [0.2, 0.25) is 10.3 Å². The first-order valence-corrected chi connectivity index (χ1v) is 8.70. The quantitative estimate of drug-likeness (QED) is 0.861. The lowest BCUT2D eigenvalue weighted by Crippen LogP contribution is -2.36. The highest BCUT2D eigenvalue weighted by molar-refractivity contribution is 7.90. The zero-order chi connectivity index (χ0) is 14.8. The molecule has 8 heteroatoms. The molecule has 0 spiro atoms. The second-order valence-electron chi connectivity index (χ2n) is 4.85. The van der Waals surface area contributed by atoms with Gasteiger partial charge in [-0.1, -0.05) is 36.0 Å². The predicted molar refractivity (Wildman–Crippen MR) is 81.6 cm³/mol. The summed E-state index contributed by atoms with van der Waals surface area (Å²) in [5.41, 5.74) is 0.939. The van der Waals surface area contributed by atoms with Gasteiger partial charge in [0.25, 0.3) is 0 Å². The Morgan fingerprint density at radius 3 is 2.35 bits per heavy atom. The van der Waals surface area contributed by atoms with Crippen molar-refractivity contribution >= 4 is 39.1 Å². The van der Waals surface area contributed by atoms with E-state index in [1.165, 1.54) is 4.31 Å². The van der Waals surface area contributed by atoms with Crippen LogP contribution < -0.4 is 4.72 Å². The maximum atomic E-state index is 12.4. The molecule has 1 aliphatic heterocycles. The van der Waals surface area contributed by atoms with E-state index >= 15 is 0 Å². The van der Waals surface area contributed by atoms with Gasteiger partial charge in [-0.05, 0) is 31.4 Å². The summed E-state index contributed by atoms with van der Waals surface area (Å²) in [7, 11) is -3.60. The molecule has 1 aromatic rings. The molecule has 2 rings (SSSR count). The van der Waals surface area contributed by atoms with Crippen LogP contribution in [0.5, 0.6) is 0 Å². The predicted octanol–water partition coefficient (Wildman–Crippen LogP) is 3.23. The first kappa shape index (κ1) is 15.8. The van der Waals surface area contributed by atoms with Crippen molar-refractivity contribution < 1.29 is 8.42 Å². The summed E-state index contributed by atoms with van der Waals surface area (Å²) >= 11 is 11.8. The van der Waals surface area contributed by atoms with E-state index in [0.29, 0.717) is 24.3 Å². The van der Waals surface area contributed by atoms with Gasteiger partial charge in [-0.2, -0.15) is 12.7 Å². The molecule has 1 saturated heterocycles. The van der Waals surface area contributed by atoms with Crippen molar-refractivity contribution in [2.24, 2.45) is 0 Å². The summed E-state index contributed by atoms with van der Waals surface area (Å²) in [6.45, 7) is 2.81. The molecule has 0 aromatic carbocycles. The molecule has 112 valence electrons. The van der Waals surface area contributed by atoms with E-state index in [9.17, 15) is 8.42 Å². The average molecular weight is 338 g/mol. The van der Waals surface area contributed by atoms with Crippen LogP contribution >= 0.6 is 23.2 Å². The smallest absolute Gasteiger partial charge is 0.268 e. The van der Waals surface area contributed by atoms with Gasteiger partial charge in [-0.3, -0.25) is 4.72 Å². The molecular formula is C12H17Cl2N3O2S. The number of nitrogens with one attached hydrogen (secondary N) is 1. The third-order valence-corrected chi connectivity index (χ3v) is 5.25. The van der Waals surface area contributed by atoms with Crippen LogP contribution in [0.4, 0.5) is 5.69 Å². The molecule has 1 N–H and O–H groups in total. The Morgan fingerprint density at radius 2 is 1.80 bits per heavy atom. The minimum absolute atomic E-state index is 0.0633. The van der Waals surface area contributed by atoms with Crippen molar-refractivity contribution in [1.29, 1.82) is 0 Å². The SMILES string of the molecule is Cc1cc(Cl)nc(Cl)c1NS(=O)(=O)N1CCCCCC1. The van der Waals surface area contributed by atoms with Gasteiger partial charge in [0.1, 0.15) is 5.15 Å². The first-order chi connectivity index (χ1) is 9.40. The zero-order valence-corrected chi connectivity index (χ0v) is 13.5. The lowest BCUT2D eigenvalue weighted by molar-refractivity contribution is 0.427. The molecule has 1 aromatic heterocycles. The molecule has 1 aliphatic rings. The second-order valence-corrected chi connectivity index (χ2v) is 7.26. The number of rotatable bonds is 3. The molecule has 0 atom stereocenters. The average Bonchev–Trinajstić information content (AvgIpc) is 2.63. The lowest BCUT2D eigenvalue weighted by atomic mass is 10.2. The highest BCUT2D eigenvalue weighted by Gasteiger charge is 2.24. The summed E-state index contributed by atoms with van der Waals surface area (Å²) in [6.07, 6.45) is 3.89. The van der Waals surface area contributed by atoms with Crippen LogP contribution in [-0.2, 0) is 10.2 Å². The Bertz CT molecular complexity index is 561. The molecule has 2 heterocycles. The van der Waals surface area contributed by atoms with Crippen LogP contribution in [0.15, 0.2) is 6.07 Å². The standard InChI is InChI=1S/C12H17Cl2N3O2S/c1-9-8-10(13)15-12(14)11(9)16-20(18,19)17-6-4-2-3-5-7-17/h8,16H,2-7H2,1H3. The molecule has 0 saturated carbocycles. The first-order valence-electron chi connectivity index (χ1n) is 6.51. The van der Waals surface area contributed by atoms with Gasteiger partial charge >= 0.3 is 10.2 Å². The van der Waals surface area contributed by atoms with Gasteiger partial charge in [-0.25, -0.2) is 4.98 Å². The molecule has 0 aliphatic carbocycles. The topological polar surface area (TPSA) is 62.3 Å². The fourth-order valence-corrected chi connectivity index (χ4v) is 4.21. The van der Waals surface area contributed by atoms with Gasteiger partial charge in [0.15, 0.2) is 5.15 Å². The van der Waals surface area contributed by atoms with Crippen molar-refractivity contribution in [3.05, 3.63) is 21.9 Å². The minimum atomic E-state index is -3.60. The fraction of sp³-hybridized carbons (Fsp3) is 0.583. The molecule has 0 unspecified atom stereocenters. The van der Waals surface area contributed by atoms with Gasteiger partial charge in [-0.15, -0.1) is 0 Å². The van der Waals surface area contributed by atoms with Gasteiger partial charge in [0.05, 0.1) is 5.69 Å². The van der Waals surface area contributed by atoms with E-state index in [0.717, 1.165) is 25.7 Å². The van der Waals surface area contributed by atoms with Crippen molar-refractivity contribution in [3.8, 4) is 0 Å². The monoisotopic (exact) mass is 337 g/mol. The molecular weight excluding hydrogens is 321 g/mol. The Morgan fingerprint density at radius 1 is 1.20 bits per heavy atom. The van der Waals surface area contributed by atoms with Crippen LogP contribution in [0.25, 0.3) is 0 Å². The Hall–Kier alpha value is -0.560. The van der Waals surface area contributed by atoms with Gasteiger partial charge in [0, 0.05) is 13.1 Å². The van der Waals surface area contributed by atoms with Gasteiger partial charge < -0.3 is 0 Å². The maximum absolute atomic E-state index is 12.4. The minimum Gasteiger partial charge on any atom is -0.268 e. The summed E-state index contributed by atoms with van der Waals surface area (Å²) < 4.78 is 28.8. The summed E-state index contributed by atoms with van der Waals surface area (Å²) in [5, 5.41) is 0.304. The molecule has 5 nitrogen and oxygen atoms in total. The zero-order valence-electron chi connectivity index (χ0n) is 11.2. The largest absolute Gasteiger partial charge is 0.301 e. The highest BCUT2D eigenvalue weighted by atomic mass is 35.5. The van der Waals surface area contributed by atoms with Crippen LogP contribution in [0, 0.1) is 6.92 Å². The molecule has 20 heavy (non-hydrogen) atoms. The summed E-state index contributed by atoms with van der Waals surface area (Å²) in [4.78, 5) is 3.87. The number of hydrogen-bond acceptors (Lipinski definition) is 3. The fourth-order valence-electron chi connectivity index (χ4n) is 2.19. The Kier molecular flexibility index (Phi) is 5.12. The molecule has 0 radical (unpaired) electrons. The number of aryl methyl sites for hydroxylation is 1. The number of pyridine rings is 1. The van der Waals surface area contributed by atoms with Crippen molar-refractivity contribution in [2.45, 2.75) is 32.6 Å². The molecule has 1 fully saturated rings. The highest BCUT2D eigenvalue weighted by Crippen LogP contribution is 2.28. The van der Waals surface area contributed by atoms with E-state index in [1.54, 1.807) is 13.0 Å². The van der Waals surface area contributed by atoms with Crippen LogP contribution in [-0.4, -0.2) is 30.8 Å². The molecule has 0 amide bonds. The summed E-state index contributed by atoms with van der Waals surface area (Å²) in [6, 6.07) is 1.58. The number of aromatic nitrogens is 1.